The summed E-state index contributed by atoms with van der Waals surface area (Å²) in [6.07, 6.45) is 4.81. The molecule has 0 bridgehead atoms. The van der Waals surface area contributed by atoms with Gasteiger partial charge in [-0.2, -0.15) is 0 Å². The van der Waals surface area contributed by atoms with Crippen molar-refractivity contribution >= 4 is 0 Å². The summed E-state index contributed by atoms with van der Waals surface area (Å²) in [5, 5.41) is 0. The van der Waals surface area contributed by atoms with E-state index in [0.717, 1.165) is 57.3 Å². The van der Waals surface area contributed by atoms with Crippen LogP contribution in [0, 0.1) is 5.92 Å². The number of aromatic nitrogens is 2. The highest BCUT2D eigenvalue weighted by Crippen LogP contribution is 2.23. The van der Waals surface area contributed by atoms with Gasteiger partial charge in [0.1, 0.15) is 6.33 Å². The minimum Gasteiger partial charge on any atom is -0.478 e. The highest BCUT2D eigenvalue weighted by atomic mass is 16.5. The number of fused-ring (bicyclic) bond motifs is 1. The van der Waals surface area contributed by atoms with Crippen molar-refractivity contribution in [3.63, 3.8) is 0 Å². The maximum Gasteiger partial charge on any atom is 0.219 e. The molecule has 0 radical (unpaired) electrons. The molecule has 1 atom stereocenters. The molecular weight excluding hydrogens is 254 g/mol. The van der Waals surface area contributed by atoms with Crippen LogP contribution in [-0.4, -0.2) is 54.3 Å². The van der Waals surface area contributed by atoms with E-state index in [0.29, 0.717) is 12.5 Å². The van der Waals surface area contributed by atoms with Crippen LogP contribution in [0.1, 0.15) is 24.6 Å². The van der Waals surface area contributed by atoms with Crippen LogP contribution in [0.3, 0.4) is 0 Å². The molecule has 20 heavy (non-hydrogen) atoms. The van der Waals surface area contributed by atoms with Gasteiger partial charge in [0, 0.05) is 38.2 Å². The quantitative estimate of drug-likeness (QED) is 0.830. The summed E-state index contributed by atoms with van der Waals surface area (Å²) in [4.78, 5) is 11.3. The molecular formula is C15H23N3O2. The van der Waals surface area contributed by atoms with Crippen molar-refractivity contribution in [2.24, 2.45) is 5.92 Å². The number of nitrogens with zero attached hydrogens (tertiary/aromatic N) is 3. The van der Waals surface area contributed by atoms with Crippen molar-refractivity contribution in [1.82, 2.24) is 14.9 Å². The van der Waals surface area contributed by atoms with Crippen molar-refractivity contribution in [3.8, 4) is 5.88 Å². The number of ether oxygens (including phenoxy) is 2. The first-order valence-corrected chi connectivity index (χ1v) is 7.62. The van der Waals surface area contributed by atoms with Gasteiger partial charge in [-0.3, -0.25) is 0 Å². The molecule has 0 aliphatic carbocycles. The van der Waals surface area contributed by atoms with Crippen LogP contribution >= 0.6 is 0 Å². The van der Waals surface area contributed by atoms with E-state index in [4.69, 9.17) is 9.47 Å². The predicted octanol–water partition coefficient (Wildman–Crippen LogP) is 1.31. The molecule has 5 nitrogen and oxygen atoms in total. The SMILES string of the molecule is CCOc1ncnc2c1CCN(C[C@H]1CCOC1)CC2. The van der Waals surface area contributed by atoms with Crippen LogP contribution in [-0.2, 0) is 17.6 Å². The normalized spacial score (nSPS) is 23.4. The second-order valence-corrected chi connectivity index (χ2v) is 5.57. The molecule has 2 aliphatic rings. The Hall–Kier alpha value is -1.20. The Labute approximate surface area is 120 Å². The zero-order valence-electron chi connectivity index (χ0n) is 12.2. The van der Waals surface area contributed by atoms with E-state index >= 15 is 0 Å². The Morgan fingerprint density at radius 2 is 2.25 bits per heavy atom. The Balaban J connectivity index is 1.66. The smallest absolute Gasteiger partial charge is 0.219 e. The maximum atomic E-state index is 5.64. The van der Waals surface area contributed by atoms with Crippen molar-refractivity contribution in [2.75, 3.05) is 39.5 Å². The maximum absolute atomic E-state index is 5.64. The third kappa shape index (κ3) is 3.10. The van der Waals surface area contributed by atoms with Crippen molar-refractivity contribution in [3.05, 3.63) is 17.6 Å². The first kappa shape index (κ1) is 13.8. The largest absolute Gasteiger partial charge is 0.478 e. The van der Waals surface area contributed by atoms with Crippen LogP contribution in [0.2, 0.25) is 0 Å². The summed E-state index contributed by atoms with van der Waals surface area (Å²) >= 11 is 0. The van der Waals surface area contributed by atoms with Gasteiger partial charge < -0.3 is 14.4 Å². The van der Waals surface area contributed by atoms with Crippen LogP contribution in [0.25, 0.3) is 0 Å². The molecule has 0 unspecified atom stereocenters. The van der Waals surface area contributed by atoms with Crippen molar-refractivity contribution < 1.29 is 9.47 Å². The Kier molecular flexibility index (Phi) is 4.47. The van der Waals surface area contributed by atoms with Crippen LogP contribution in [0.4, 0.5) is 0 Å². The molecule has 2 aliphatic heterocycles. The summed E-state index contributed by atoms with van der Waals surface area (Å²) in [6, 6.07) is 0. The minimum atomic E-state index is 0.659. The van der Waals surface area contributed by atoms with Gasteiger partial charge in [-0.05, 0) is 25.7 Å². The van der Waals surface area contributed by atoms with Gasteiger partial charge in [-0.1, -0.05) is 0 Å². The summed E-state index contributed by atoms with van der Waals surface area (Å²) in [5.41, 5.74) is 2.37. The van der Waals surface area contributed by atoms with Gasteiger partial charge in [0.05, 0.1) is 18.9 Å². The standard InChI is InChI=1S/C15H23N3O2/c1-2-20-15-13-3-6-18(9-12-5-8-19-10-12)7-4-14(13)16-11-17-15/h11-12H,2-10H2,1H3/t12-/m1/s1. The number of hydrogen-bond acceptors (Lipinski definition) is 5. The van der Waals surface area contributed by atoms with Crippen LogP contribution < -0.4 is 4.74 Å². The lowest BCUT2D eigenvalue weighted by Gasteiger charge is -2.22. The minimum absolute atomic E-state index is 0.659. The second kappa shape index (κ2) is 6.50. The van der Waals surface area contributed by atoms with E-state index in [2.05, 4.69) is 14.9 Å². The fourth-order valence-electron chi connectivity index (χ4n) is 3.08. The van der Waals surface area contributed by atoms with E-state index in [1.165, 1.54) is 12.0 Å². The lowest BCUT2D eigenvalue weighted by molar-refractivity contribution is 0.168. The summed E-state index contributed by atoms with van der Waals surface area (Å²) < 4.78 is 11.1. The van der Waals surface area contributed by atoms with Gasteiger partial charge in [0.2, 0.25) is 5.88 Å². The topological polar surface area (TPSA) is 47.5 Å². The van der Waals surface area contributed by atoms with E-state index in [1.54, 1.807) is 6.33 Å². The fourth-order valence-corrected chi connectivity index (χ4v) is 3.08. The molecule has 0 spiro atoms. The second-order valence-electron chi connectivity index (χ2n) is 5.57. The lowest BCUT2D eigenvalue weighted by Crippen LogP contribution is -2.32. The highest BCUT2D eigenvalue weighted by Gasteiger charge is 2.23. The lowest BCUT2D eigenvalue weighted by atomic mass is 10.1. The summed E-state index contributed by atoms with van der Waals surface area (Å²) in [7, 11) is 0. The van der Waals surface area contributed by atoms with Crippen molar-refractivity contribution in [2.45, 2.75) is 26.2 Å². The van der Waals surface area contributed by atoms with E-state index in [9.17, 15) is 0 Å². The zero-order valence-corrected chi connectivity index (χ0v) is 12.2. The molecule has 0 amide bonds. The van der Waals surface area contributed by atoms with Gasteiger partial charge in [-0.25, -0.2) is 9.97 Å². The van der Waals surface area contributed by atoms with E-state index < -0.39 is 0 Å². The zero-order chi connectivity index (χ0) is 13.8. The molecule has 1 fully saturated rings. The molecule has 0 N–H and O–H groups in total. The number of rotatable bonds is 4. The third-order valence-electron chi connectivity index (χ3n) is 4.16. The van der Waals surface area contributed by atoms with Crippen LogP contribution in [0.5, 0.6) is 5.88 Å². The first-order chi connectivity index (χ1) is 9.86. The summed E-state index contributed by atoms with van der Waals surface area (Å²) in [6.45, 7) is 7.80. The van der Waals surface area contributed by atoms with E-state index in [-0.39, 0.29) is 0 Å². The highest BCUT2D eigenvalue weighted by molar-refractivity contribution is 5.31. The Morgan fingerprint density at radius 3 is 3.05 bits per heavy atom. The predicted molar refractivity (Wildman–Crippen MR) is 76.0 cm³/mol. The van der Waals surface area contributed by atoms with Crippen molar-refractivity contribution in [1.29, 1.82) is 0 Å². The molecule has 110 valence electrons. The third-order valence-corrected chi connectivity index (χ3v) is 4.16. The molecule has 1 aromatic rings. The molecule has 3 heterocycles. The Morgan fingerprint density at radius 1 is 1.35 bits per heavy atom. The van der Waals surface area contributed by atoms with Gasteiger partial charge in [0.25, 0.3) is 0 Å². The first-order valence-electron chi connectivity index (χ1n) is 7.62. The van der Waals surface area contributed by atoms with E-state index in [1.807, 2.05) is 6.92 Å². The molecule has 3 rings (SSSR count). The molecule has 0 saturated carbocycles. The fraction of sp³-hybridized carbons (Fsp3) is 0.733. The molecule has 5 heteroatoms. The van der Waals surface area contributed by atoms with Gasteiger partial charge >= 0.3 is 0 Å². The van der Waals surface area contributed by atoms with Crippen LogP contribution in [0.15, 0.2) is 6.33 Å². The Bertz CT molecular complexity index is 447. The van der Waals surface area contributed by atoms with Gasteiger partial charge in [0.15, 0.2) is 0 Å². The molecule has 1 aromatic heterocycles. The molecule has 1 saturated heterocycles. The molecule has 0 aromatic carbocycles. The number of hydrogen-bond donors (Lipinski definition) is 0. The summed E-state index contributed by atoms with van der Waals surface area (Å²) in [5.74, 6) is 1.48. The monoisotopic (exact) mass is 277 g/mol. The van der Waals surface area contributed by atoms with Gasteiger partial charge in [-0.15, -0.1) is 0 Å². The average Bonchev–Trinajstić information content (AvgIpc) is 2.87. The average molecular weight is 277 g/mol.